The smallest absolute Gasteiger partial charge is 0.344 e. The van der Waals surface area contributed by atoms with Gasteiger partial charge >= 0.3 is 5.97 Å². The molecule has 0 spiro atoms. The van der Waals surface area contributed by atoms with Crippen LogP contribution in [0.4, 0.5) is 5.82 Å². The Kier molecular flexibility index (Phi) is 5.15. The molecule has 0 amide bonds. The molecule has 1 aromatic heterocycles. The van der Waals surface area contributed by atoms with Crippen LogP contribution in [0.3, 0.4) is 0 Å². The van der Waals surface area contributed by atoms with Crippen LogP contribution >= 0.6 is 0 Å². The van der Waals surface area contributed by atoms with Gasteiger partial charge in [-0.05, 0) is 36.8 Å². The Morgan fingerprint density at radius 1 is 1.14 bits per heavy atom. The van der Waals surface area contributed by atoms with E-state index < -0.39 is 0 Å². The Morgan fingerprint density at radius 2 is 1.86 bits per heavy atom. The van der Waals surface area contributed by atoms with Crippen LogP contribution in [0.25, 0.3) is 11.1 Å². The fraction of sp³-hybridized carbons (Fsp3) is 0.250. The van der Waals surface area contributed by atoms with E-state index in [-0.39, 0.29) is 12.6 Å². The lowest BCUT2D eigenvalue weighted by Crippen LogP contribution is -2.14. The second-order valence-electron chi connectivity index (χ2n) is 4.30. The van der Waals surface area contributed by atoms with E-state index in [9.17, 15) is 4.79 Å². The van der Waals surface area contributed by atoms with Gasteiger partial charge in [-0.25, -0.2) is 9.78 Å². The quantitative estimate of drug-likeness (QED) is 0.827. The summed E-state index contributed by atoms with van der Waals surface area (Å²) in [5.74, 6) is 1.09. The Morgan fingerprint density at radius 3 is 2.43 bits per heavy atom. The highest BCUT2D eigenvalue weighted by Gasteiger charge is 2.04. The molecule has 0 saturated heterocycles. The molecule has 2 aromatic rings. The number of anilines is 1. The van der Waals surface area contributed by atoms with Crippen molar-refractivity contribution in [1.29, 1.82) is 0 Å². The van der Waals surface area contributed by atoms with Gasteiger partial charge in [0.25, 0.3) is 0 Å². The Labute approximate surface area is 123 Å². The second-order valence-corrected chi connectivity index (χ2v) is 4.30. The van der Waals surface area contributed by atoms with E-state index in [1.165, 1.54) is 0 Å². The monoisotopic (exact) mass is 286 g/mol. The summed E-state index contributed by atoms with van der Waals surface area (Å²) in [6.07, 6.45) is 1.81. The molecule has 0 aliphatic carbocycles. The summed E-state index contributed by atoms with van der Waals surface area (Å²) < 4.78 is 10.1. The normalized spacial score (nSPS) is 10.0. The number of pyridine rings is 1. The third kappa shape index (κ3) is 4.21. The van der Waals surface area contributed by atoms with Crippen molar-refractivity contribution in [1.82, 2.24) is 4.98 Å². The molecule has 0 saturated carbocycles. The van der Waals surface area contributed by atoms with Gasteiger partial charge in [0.1, 0.15) is 11.6 Å². The minimum atomic E-state index is -0.367. The molecule has 1 N–H and O–H groups in total. The van der Waals surface area contributed by atoms with Gasteiger partial charge in [0.15, 0.2) is 6.61 Å². The Bertz CT molecular complexity index is 579. The molecule has 21 heavy (non-hydrogen) atoms. The van der Waals surface area contributed by atoms with E-state index in [4.69, 9.17) is 9.47 Å². The summed E-state index contributed by atoms with van der Waals surface area (Å²) in [5, 5.41) is 2.98. The fourth-order valence-electron chi connectivity index (χ4n) is 1.80. The van der Waals surface area contributed by atoms with E-state index >= 15 is 0 Å². The molecule has 0 bridgehead atoms. The molecule has 2 rings (SSSR count). The lowest BCUT2D eigenvalue weighted by molar-refractivity contribution is -0.145. The van der Waals surface area contributed by atoms with E-state index in [2.05, 4.69) is 10.3 Å². The van der Waals surface area contributed by atoms with Crippen LogP contribution in [0.1, 0.15) is 6.92 Å². The lowest BCUT2D eigenvalue weighted by atomic mass is 10.1. The molecular formula is C16H18N2O3. The topological polar surface area (TPSA) is 60.5 Å². The van der Waals surface area contributed by atoms with Gasteiger partial charge in [-0.1, -0.05) is 12.1 Å². The third-order valence-corrected chi connectivity index (χ3v) is 2.87. The van der Waals surface area contributed by atoms with E-state index in [1.54, 1.807) is 13.1 Å². The SMILES string of the molecule is CCOC(=O)COc1ccc(-c2ccc(NC)nc2)cc1. The van der Waals surface area contributed by atoms with Crippen molar-refractivity contribution in [3.05, 3.63) is 42.6 Å². The van der Waals surface area contributed by atoms with Crippen LogP contribution in [0.15, 0.2) is 42.6 Å². The molecule has 5 heteroatoms. The molecule has 110 valence electrons. The van der Waals surface area contributed by atoms with Crippen LogP contribution in [-0.2, 0) is 9.53 Å². The van der Waals surface area contributed by atoms with Gasteiger partial charge in [0.2, 0.25) is 0 Å². The summed E-state index contributed by atoms with van der Waals surface area (Å²) in [6.45, 7) is 2.04. The molecule has 0 atom stereocenters. The van der Waals surface area contributed by atoms with Gasteiger partial charge in [-0.3, -0.25) is 0 Å². The summed E-state index contributed by atoms with van der Waals surface area (Å²) in [7, 11) is 1.83. The second kappa shape index (κ2) is 7.28. The number of carbonyl (C=O) groups excluding carboxylic acids is 1. The minimum Gasteiger partial charge on any atom is -0.482 e. The number of rotatable bonds is 6. The number of ether oxygens (including phenoxy) is 2. The van der Waals surface area contributed by atoms with Crippen LogP contribution < -0.4 is 10.1 Å². The van der Waals surface area contributed by atoms with Crippen molar-refractivity contribution in [2.45, 2.75) is 6.92 Å². The first-order valence-corrected chi connectivity index (χ1v) is 6.75. The van der Waals surface area contributed by atoms with Crippen molar-refractivity contribution in [2.24, 2.45) is 0 Å². The van der Waals surface area contributed by atoms with Crippen molar-refractivity contribution < 1.29 is 14.3 Å². The number of aromatic nitrogens is 1. The summed E-state index contributed by atoms with van der Waals surface area (Å²) in [5.41, 5.74) is 2.06. The molecule has 0 unspecified atom stereocenters. The molecule has 0 radical (unpaired) electrons. The summed E-state index contributed by atoms with van der Waals surface area (Å²) in [6, 6.07) is 11.4. The van der Waals surface area contributed by atoms with Gasteiger partial charge in [-0.15, -0.1) is 0 Å². The van der Waals surface area contributed by atoms with Crippen molar-refractivity contribution in [2.75, 3.05) is 25.6 Å². The van der Waals surface area contributed by atoms with Gasteiger partial charge < -0.3 is 14.8 Å². The maximum atomic E-state index is 11.2. The zero-order valence-electron chi connectivity index (χ0n) is 12.1. The van der Waals surface area contributed by atoms with E-state index in [0.29, 0.717) is 12.4 Å². The fourth-order valence-corrected chi connectivity index (χ4v) is 1.80. The zero-order chi connectivity index (χ0) is 15.1. The van der Waals surface area contributed by atoms with Crippen LogP contribution in [0.5, 0.6) is 5.75 Å². The van der Waals surface area contributed by atoms with Crippen LogP contribution in [0, 0.1) is 0 Å². The number of benzene rings is 1. The lowest BCUT2D eigenvalue weighted by Gasteiger charge is -2.07. The number of nitrogens with one attached hydrogen (secondary N) is 1. The van der Waals surface area contributed by atoms with Crippen molar-refractivity contribution in [3.63, 3.8) is 0 Å². The highest BCUT2D eigenvalue weighted by molar-refractivity contribution is 5.71. The highest BCUT2D eigenvalue weighted by Crippen LogP contribution is 2.22. The Balaban J connectivity index is 1.99. The molecule has 0 aliphatic heterocycles. The van der Waals surface area contributed by atoms with E-state index in [1.807, 2.05) is 43.4 Å². The van der Waals surface area contributed by atoms with E-state index in [0.717, 1.165) is 16.9 Å². The van der Waals surface area contributed by atoms with Gasteiger partial charge in [0.05, 0.1) is 6.61 Å². The third-order valence-electron chi connectivity index (χ3n) is 2.87. The minimum absolute atomic E-state index is 0.0778. The predicted molar refractivity (Wildman–Crippen MR) is 81.3 cm³/mol. The van der Waals surface area contributed by atoms with Crippen LogP contribution in [0.2, 0.25) is 0 Å². The number of esters is 1. The first-order chi connectivity index (χ1) is 10.2. The first-order valence-electron chi connectivity index (χ1n) is 6.75. The van der Waals surface area contributed by atoms with Gasteiger partial charge in [-0.2, -0.15) is 0 Å². The molecule has 0 fully saturated rings. The maximum absolute atomic E-state index is 11.2. The number of hydrogen-bond donors (Lipinski definition) is 1. The molecule has 5 nitrogen and oxygen atoms in total. The van der Waals surface area contributed by atoms with Gasteiger partial charge in [0, 0.05) is 18.8 Å². The van der Waals surface area contributed by atoms with Crippen molar-refractivity contribution >= 4 is 11.8 Å². The number of hydrogen-bond acceptors (Lipinski definition) is 5. The molecule has 1 aromatic carbocycles. The predicted octanol–water partition coefficient (Wildman–Crippen LogP) is 2.73. The standard InChI is InChI=1S/C16H18N2O3/c1-3-20-16(19)11-21-14-7-4-12(5-8-14)13-6-9-15(17-2)18-10-13/h4-10H,3,11H2,1-2H3,(H,17,18). The number of carbonyl (C=O) groups is 1. The van der Waals surface area contributed by atoms with Crippen molar-refractivity contribution in [3.8, 4) is 16.9 Å². The molecular weight excluding hydrogens is 268 g/mol. The summed E-state index contributed by atoms with van der Waals surface area (Å²) in [4.78, 5) is 15.5. The number of nitrogens with zero attached hydrogens (tertiary/aromatic N) is 1. The average molecular weight is 286 g/mol. The molecule has 0 aliphatic rings. The van der Waals surface area contributed by atoms with Crippen LogP contribution in [-0.4, -0.2) is 31.2 Å². The largest absolute Gasteiger partial charge is 0.482 e. The Hall–Kier alpha value is -2.56. The molecule has 1 heterocycles. The highest BCUT2D eigenvalue weighted by atomic mass is 16.6. The first kappa shape index (κ1) is 14.8. The average Bonchev–Trinajstić information content (AvgIpc) is 2.54. The maximum Gasteiger partial charge on any atom is 0.344 e. The summed E-state index contributed by atoms with van der Waals surface area (Å²) >= 11 is 0. The zero-order valence-corrected chi connectivity index (χ0v) is 12.1.